The summed E-state index contributed by atoms with van der Waals surface area (Å²) in [6.07, 6.45) is -4.68. The number of alkyl halides is 3. The highest BCUT2D eigenvalue weighted by Crippen LogP contribution is 2.32. The first-order chi connectivity index (χ1) is 12.7. The predicted octanol–water partition coefficient (Wildman–Crippen LogP) is 4.37. The van der Waals surface area contributed by atoms with E-state index in [1.165, 1.54) is 0 Å². The maximum atomic E-state index is 13.2. The topological polar surface area (TPSA) is 32.3 Å². The number of halogens is 4. The molecule has 0 aromatic heterocycles. The quantitative estimate of drug-likeness (QED) is 0.721. The molecule has 0 unspecified atom stereocenters. The molecule has 0 saturated heterocycles. The number of rotatable bonds is 7. The second-order valence-electron chi connectivity index (χ2n) is 6.56. The highest BCUT2D eigenvalue weighted by molar-refractivity contribution is 5.78. The van der Waals surface area contributed by atoms with E-state index in [0.717, 1.165) is 17.7 Å². The fourth-order valence-electron chi connectivity index (χ4n) is 2.64. The fourth-order valence-corrected chi connectivity index (χ4v) is 2.64. The van der Waals surface area contributed by atoms with Gasteiger partial charge in [0.1, 0.15) is 5.82 Å². The van der Waals surface area contributed by atoms with Gasteiger partial charge in [0.05, 0.1) is 12.1 Å². The lowest BCUT2D eigenvalue weighted by atomic mass is 10.1. The van der Waals surface area contributed by atoms with Gasteiger partial charge in [0.25, 0.3) is 0 Å². The number of nitrogens with zero attached hydrogens (tertiary/aromatic N) is 1. The van der Waals surface area contributed by atoms with Crippen molar-refractivity contribution >= 4 is 5.91 Å². The predicted molar refractivity (Wildman–Crippen MR) is 95.2 cm³/mol. The molecule has 0 spiro atoms. The molecule has 0 fully saturated rings. The van der Waals surface area contributed by atoms with Crippen molar-refractivity contribution in [2.24, 2.45) is 0 Å². The molecule has 7 heteroatoms. The van der Waals surface area contributed by atoms with Crippen LogP contribution in [0.1, 0.15) is 30.5 Å². The Kier molecular flexibility index (Phi) is 6.96. The number of amides is 1. The van der Waals surface area contributed by atoms with Crippen molar-refractivity contribution in [3.05, 3.63) is 71.0 Å². The molecule has 0 heterocycles. The number of carbonyl (C=O) groups excluding carboxylic acids is 1. The number of benzene rings is 2. The molecule has 2 aromatic carbocycles. The van der Waals surface area contributed by atoms with Crippen LogP contribution in [0.15, 0.2) is 48.5 Å². The van der Waals surface area contributed by atoms with E-state index in [9.17, 15) is 22.4 Å². The normalized spacial score (nSPS) is 11.9. The van der Waals surface area contributed by atoms with E-state index >= 15 is 0 Å². The summed E-state index contributed by atoms with van der Waals surface area (Å²) in [5.74, 6) is -1.36. The van der Waals surface area contributed by atoms with Crippen LogP contribution in [0.25, 0.3) is 0 Å². The lowest BCUT2D eigenvalue weighted by molar-refractivity contribution is -0.138. The number of nitrogens with one attached hydrogen (secondary N) is 1. The zero-order chi connectivity index (χ0) is 20.0. The average molecular weight is 382 g/mol. The van der Waals surface area contributed by atoms with Gasteiger partial charge in [-0.2, -0.15) is 13.2 Å². The van der Waals surface area contributed by atoms with Crippen molar-refractivity contribution in [2.75, 3.05) is 6.54 Å². The van der Waals surface area contributed by atoms with E-state index in [1.54, 1.807) is 0 Å². The smallest absolute Gasteiger partial charge is 0.351 e. The van der Waals surface area contributed by atoms with Gasteiger partial charge in [0.2, 0.25) is 5.91 Å². The first-order valence-electron chi connectivity index (χ1n) is 8.57. The molecule has 0 saturated carbocycles. The Labute approximate surface area is 156 Å². The molecule has 27 heavy (non-hydrogen) atoms. The van der Waals surface area contributed by atoms with Crippen LogP contribution in [-0.2, 0) is 24.1 Å². The number of carbonyl (C=O) groups is 1. The minimum absolute atomic E-state index is 0.0507. The lowest BCUT2D eigenvalue weighted by Crippen LogP contribution is -2.40. The molecule has 1 amide bonds. The minimum atomic E-state index is -4.68. The SMILES string of the molecule is CC(C)N(CC(=O)NCc1ccc(F)cc1C(F)(F)F)Cc1ccccc1. The Bertz CT molecular complexity index is 760. The molecule has 0 atom stereocenters. The summed E-state index contributed by atoms with van der Waals surface area (Å²) < 4.78 is 52.2. The molecular weight excluding hydrogens is 360 g/mol. The van der Waals surface area contributed by atoms with Gasteiger partial charge in [0.15, 0.2) is 0 Å². The Morgan fingerprint density at radius 3 is 2.37 bits per heavy atom. The van der Waals surface area contributed by atoms with Crippen molar-refractivity contribution in [3.63, 3.8) is 0 Å². The molecule has 0 aliphatic carbocycles. The zero-order valence-corrected chi connectivity index (χ0v) is 15.2. The van der Waals surface area contributed by atoms with Crippen LogP contribution >= 0.6 is 0 Å². The van der Waals surface area contributed by atoms with Crippen molar-refractivity contribution in [1.82, 2.24) is 10.2 Å². The first-order valence-corrected chi connectivity index (χ1v) is 8.57. The third-order valence-electron chi connectivity index (χ3n) is 4.16. The molecule has 0 aliphatic heterocycles. The monoisotopic (exact) mass is 382 g/mol. The maximum Gasteiger partial charge on any atom is 0.416 e. The zero-order valence-electron chi connectivity index (χ0n) is 15.2. The van der Waals surface area contributed by atoms with Gasteiger partial charge < -0.3 is 5.32 Å². The molecule has 0 bridgehead atoms. The van der Waals surface area contributed by atoms with E-state index in [1.807, 2.05) is 49.1 Å². The minimum Gasteiger partial charge on any atom is -0.351 e. The largest absolute Gasteiger partial charge is 0.416 e. The Morgan fingerprint density at radius 2 is 1.78 bits per heavy atom. The number of hydrogen-bond acceptors (Lipinski definition) is 2. The van der Waals surface area contributed by atoms with E-state index in [2.05, 4.69) is 5.32 Å². The lowest BCUT2D eigenvalue weighted by Gasteiger charge is -2.26. The van der Waals surface area contributed by atoms with Crippen LogP contribution in [0.5, 0.6) is 0 Å². The van der Waals surface area contributed by atoms with Crippen molar-refractivity contribution in [3.8, 4) is 0 Å². The number of hydrogen-bond donors (Lipinski definition) is 1. The van der Waals surface area contributed by atoms with Gasteiger partial charge in [0, 0.05) is 19.1 Å². The van der Waals surface area contributed by atoms with E-state index < -0.39 is 23.5 Å². The third-order valence-corrected chi connectivity index (χ3v) is 4.16. The Hall–Kier alpha value is -2.41. The Morgan fingerprint density at radius 1 is 1.11 bits per heavy atom. The van der Waals surface area contributed by atoms with Crippen molar-refractivity contribution < 1.29 is 22.4 Å². The molecule has 146 valence electrons. The van der Waals surface area contributed by atoms with Gasteiger partial charge in [-0.05, 0) is 37.1 Å². The van der Waals surface area contributed by atoms with Crippen LogP contribution in [-0.4, -0.2) is 23.4 Å². The van der Waals surface area contributed by atoms with Crippen LogP contribution in [0.4, 0.5) is 17.6 Å². The van der Waals surface area contributed by atoms with Gasteiger partial charge in [-0.25, -0.2) is 4.39 Å². The van der Waals surface area contributed by atoms with Gasteiger partial charge >= 0.3 is 6.18 Å². The van der Waals surface area contributed by atoms with Crippen molar-refractivity contribution in [2.45, 2.75) is 39.2 Å². The van der Waals surface area contributed by atoms with E-state index in [0.29, 0.717) is 12.6 Å². The maximum absolute atomic E-state index is 13.2. The molecule has 1 N–H and O–H groups in total. The average Bonchev–Trinajstić information content (AvgIpc) is 2.60. The highest BCUT2D eigenvalue weighted by atomic mass is 19.4. The molecule has 3 nitrogen and oxygen atoms in total. The van der Waals surface area contributed by atoms with Crippen LogP contribution in [0.3, 0.4) is 0 Å². The summed E-state index contributed by atoms with van der Waals surface area (Å²) in [5, 5.41) is 2.50. The molecular formula is C20H22F4N2O. The van der Waals surface area contributed by atoms with Gasteiger partial charge in [-0.15, -0.1) is 0 Å². The van der Waals surface area contributed by atoms with Gasteiger partial charge in [-0.1, -0.05) is 36.4 Å². The van der Waals surface area contributed by atoms with Crippen LogP contribution in [0, 0.1) is 5.82 Å². The highest BCUT2D eigenvalue weighted by Gasteiger charge is 2.33. The molecule has 2 rings (SSSR count). The third kappa shape index (κ3) is 6.36. The summed E-state index contributed by atoms with van der Waals surface area (Å²) in [7, 11) is 0. The summed E-state index contributed by atoms with van der Waals surface area (Å²) in [6, 6.07) is 12.1. The molecule has 2 aromatic rings. The standard InChI is InChI=1S/C20H22F4N2O/c1-14(2)26(12-15-6-4-3-5-7-15)13-19(27)25-11-16-8-9-17(21)10-18(16)20(22,23)24/h3-10,14H,11-13H2,1-2H3,(H,25,27). The van der Waals surface area contributed by atoms with Crippen LogP contribution < -0.4 is 5.32 Å². The van der Waals surface area contributed by atoms with Crippen molar-refractivity contribution in [1.29, 1.82) is 0 Å². The van der Waals surface area contributed by atoms with E-state index in [-0.39, 0.29) is 24.7 Å². The second kappa shape index (κ2) is 8.99. The summed E-state index contributed by atoms with van der Waals surface area (Å²) in [5.41, 5.74) is -0.207. The molecule has 0 radical (unpaired) electrons. The summed E-state index contributed by atoms with van der Waals surface area (Å²) in [6.45, 7) is 4.17. The summed E-state index contributed by atoms with van der Waals surface area (Å²) >= 11 is 0. The summed E-state index contributed by atoms with van der Waals surface area (Å²) in [4.78, 5) is 14.2. The van der Waals surface area contributed by atoms with Crippen LogP contribution in [0.2, 0.25) is 0 Å². The fraction of sp³-hybridized carbons (Fsp3) is 0.350. The first kappa shape index (κ1) is 20.9. The molecule has 0 aliphatic rings. The second-order valence-corrected chi connectivity index (χ2v) is 6.56. The van der Waals surface area contributed by atoms with Gasteiger partial charge in [-0.3, -0.25) is 9.69 Å². The van der Waals surface area contributed by atoms with E-state index in [4.69, 9.17) is 0 Å². The Balaban J connectivity index is 2.01.